The molecule has 0 bridgehead atoms. The van der Waals surface area contributed by atoms with Crippen LogP contribution in [-0.4, -0.2) is 23.1 Å². The molecule has 0 aliphatic rings. The first-order valence-corrected chi connectivity index (χ1v) is 10.0. The lowest BCUT2D eigenvalue weighted by atomic mass is 10.0. The van der Waals surface area contributed by atoms with Gasteiger partial charge in [0.25, 0.3) is 0 Å². The van der Waals surface area contributed by atoms with Crippen LogP contribution in [-0.2, 0) is 0 Å². The van der Waals surface area contributed by atoms with E-state index in [-0.39, 0.29) is 5.78 Å². The van der Waals surface area contributed by atoms with Gasteiger partial charge in [0.1, 0.15) is 5.75 Å². The molecule has 4 aromatic rings. The second-order valence-electron chi connectivity index (χ2n) is 7.41. The van der Waals surface area contributed by atoms with Gasteiger partial charge in [0.2, 0.25) is 0 Å². The topological polar surface area (TPSA) is 64.1 Å². The van der Waals surface area contributed by atoms with Gasteiger partial charge in [0.15, 0.2) is 11.6 Å². The Morgan fingerprint density at radius 3 is 2.03 bits per heavy atom. The number of ether oxygens (including phenoxy) is 1. The number of benzene rings is 3. The number of aromatic nitrogens is 2. The highest BCUT2D eigenvalue weighted by atomic mass is 16.5. The molecule has 0 spiro atoms. The van der Waals surface area contributed by atoms with Crippen LogP contribution in [0.25, 0.3) is 11.3 Å². The smallest absolute Gasteiger partial charge is 0.196 e. The Bertz CT molecular complexity index is 1200. The van der Waals surface area contributed by atoms with E-state index in [9.17, 15) is 4.79 Å². The number of nitrogens with zero attached hydrogens (tertiary/aromatic N) is 2. The Balaban J connectivity index is 1.76. The number of methoxy groups -OCH3 is 1. The van der Waals surface area contributed by atoms with Crippen LogP contribution in [0.15, 0.2) is 78.9 Å². The number of anilines is 2. The van der Waals surface area contributed by atoms with Gasteiger partial charge in [-0.15, -0.1) is 10.2 Å². The molecule has 0 saturated carbocycles. The maximum absolute atomic E-state index is 13.4. The third kappa shape index (κ3) is 4.61. The van der Waals surface area contributed by atoms with Crippen molar-refractivity contribution in [3.05, 3.63) is 101 Å². The first-order valence-electron chi connectivity index (χ1n) is 10.0. The summed E-state index contributed by atoms with van der Waals surface area (Å²) in [5.41, 5.74) is 5.71. The van der Waals surface area contributed by atoms with Gasteiger partial charge in [-0.1, -0.05) is 47.5 Å². The molecule has 3 aromatic carbocycles. The van der Waals surface area contributed by atoms with Gasteiger partial charge in [-0.05, 0) is 56.3 Å². The van der Waals surface area contributed by atoms with Gasteiger partial charge in [-0.3, -0.25) is 4.79 Å². The number of ketones is 1. The predicted octanol–water partition coefficient (Wildman–Crippen LogP) is 5.74. The number of carbonyl (C=O) groups is 1. The molecule has 0 radical (unpaired) electrons. The van der Waals surface area contributed by atoms with E-state index in [2.05, 4.69) is 15.5 Å². The SMILES string of the molecule is COc1ccc(C(=O)c2cc(-c3ccc(C)cc3)nnc2Nc2ccc(C)cc2)cc1. The molecular formula is C26H23N3O2. The summed E-state index contributed by atoms with van der Waals surface area (Å²) in [6.07, 6.45) is 0. The third-order valence-electron chi connectivity index (χ3n) is 5.05. The molecule has 0 amide bonds. The Labute approximate surface area is 181 Å². The molecule has 1 heterocycles. The van der Waals surface area contributed by atoms with Crippen LogP contribution in [0.2, 0.25) is 0 Å². The lowest BCUT2D eigenvalue weighted by Gasteiger charge is -2.12. The quantitative estimate of drug-likeness (QED) is 0.411. The van der Waals surface area contributed by atoms with Crippen LogP contribution in [0.4, 0.5) is 11.5 Å². The highest BCUT2D eigenvalue weighted by molar-refractivity contribution is 6.12. The Hall–Kier alpha value is -3.99. The van der Waals surface area contributed by atoms with Crippen LogP contribution in [0, 0.1) is 13.8 Å². The molecule has 5 heteroatoms. The summed E-state index contributed by atoms with van der Waals surface area (Å²) in [4.78, 5) is 13.4. The van der Waals surface area contributed by atoms with E-state index in [0.717, 1.165) is 22.4 Å². The van der Waals surface area contributed by atoms with E-state index in [4.69, 9.17) is 4.74 Å². The van der Waals surface area contributed by atoms with Gasteiger partial charge < -0.3 is 10.1 Å². The van der Waals surface area contributed by atoms with Crippen LogP contribution < -0.4 is 10.1 Å². The maximum Gasteiger partial charge on any atom is 0.196 e. The van der Waals surface area contributed by atoms with Crippen molar-refractivity contribution >= 4 is 17.3 Å². The van der Waals surface area contributed by atoms with Crippen molar-refractivity contribution in [1.29, 1.82) is 0 Å². The largest absolute Gasteiger partial charge is 0.497 e. The molecule has 4 rings (SSSR count). The number of rotatable bonds is 6. The molecule has 1 N–H and O–H groups in total. The van der Waals surface area contributed by atoms with Gasteiger partial charge >= 0.3 is 0 Å². The van der Waals surface area contributed by atoms with Crippen molar-refractivity contribution < 1.29 is 9.53 Å². The molecule has 0 unspecified atom stereocenters. The van der Waals surface area contributed by atoms with E-state index >= 15 is 0 Å². The fraction of sp³-hybridized carbons (Fsp3) is 0.115. The number of aryl methyl sites for hydroxylation is 2. The monoisotopic (exact) mass is 409 g/mol. The van der Waals surface area contributed by atoms with Crippen molar-refractivity contribution in [1.82, 2.24) is 10.2 Å². The van der Waals surface area contributed by atoms with Crippen LogP contribution in [0.3, 0.4) is 0 Å². The molecule has 0 saturated heterocycles. The Kier molecular flexibility index (Phi) is 5.76. The van der Waals surface area contributed by atoms with E-state index < -0.39 is 0 Å². The highest BCUT2D eigenvalue weighted by Gasteiger charge is 2.18. The predicted molar refractivity (Wildman–Crippen MR) is 123 cm³/mol. The van der Waals surface area contributed by atoms with Crippen molar-refractivity contribution in [2.45, 2.75) is 13.8 Å². The number of hydrogen-bond acceptors (Lipinski definition) is 5. The summed E-state index contributed by atoms with van der Waals surface area (Å²) >= 11 is 0. The van der Waals surface area contributed by atoms with E-state index in [0.29, 0.717) is 28.4 Å². The zero-order valence-electron chi connectivity index (χ0n) is 17.7. The summed E-state index contributed by atoms with van der Waals surface area (Å²) in [5, 5.41) is 12.0. The van der Waals surface area contributed by atoms with Crippen molar-refractivity contribution in [2.75, 3.05) is 12.4 Å². The highest BCUT2D eigenvalue weighted by Crippen LogP contribution is 2.26. The summed E-state index contributed by atoms with van der Waals surface area (Å²) in [5.74, 6) is 0.976. The van der Waals surface area contributed by atoms with Gasteiger partial charge in [0.05, 0.1) is 18.4 Å². The second-order valence-corrected chi connectivity index (χ2v) is 7.41. The maximum atomic E-state index is 13.4. The standard InChI is InChI=1S/C26H23N3O2/c1-17-4-8-19(9-5-17)24-16-23(25(30)20-10-14-22(31-3)15-11-20)26(29-28-24)27-21-12-6-18(2)7-13-21/h4-16H,1-3H3,(H,27,29). The molecule has 0 fully saturated rings. The molecule has 0 aliphatic heterocycles. The molecule has 154 valence electrons. The summed E-state index contributed by atoms with van der Waals surface area (Å²) in [6.45, 7) is 4.06. The minimum atomic E-state index is -0.138. The van der Waals surface area contributed by atoms with Gasteiger partial charge in [-0.2, -0.15) is 0 Å². The van der Waals surface area contributed by atoms with E-state index in [1.807, 2.05) is 62.4 Å². The second kappa shape index (κ2) is 8.79. The molecule has 31 heavy (non-hydrogen) atoms. The Morgan fingerprint density at radius 1 is 0.806 bits per heavy atom. The number of nitrogens with one attached hydrogen (secondary N) is 1. The summed E-state index contributed by atoms with van der Waals surface area (Å²) in [6, 6.07) is 24.7. The van der Waals surface area contributed by atoms with Crippen molar-refractivity contribution in [2.24, 2.45) is 0 Å². The average molecular weight is 409 g/mol. The summed E-state index contributed by atoms with van der Waals surface area (Å²) in [7, 11) is 1.60. The number of hydrogen-bond donors (Lipinski definition) is 1. The zero-order chi connectivity index (χ0) is 21.8. The first kappa shape index (κ1) is 20.3. The van der Waals surface area contributed by atoms with Crippen LogP contribution >= 0.6 is 0 Å². The van der Waals surface area contributed by atoms with Crippen molar-refractivity contribution in [3.63, 3.8) is 0 Å². The summed E-state index contributed by atoms with van der Waals surface area (Å²) < 4.78 is 5.21. The molecule has 5 nitrogen and oxygen atoms in total. The lowest BCUT2D eigenvalue weighted by molar-refractivity contribution is 0.103. The lowest BCUT2D eigenvalue weighted by Crippen LogP contribution is -2.09. The van der Waals surface area contributed by atoms with Crippen LogP contribution in [0.1, 0.15) is 27.0 Å². The Morgan fingerprint density at radius 2 is 1.42 bits per heavy atom. The fourth-order valence-corrected chi connectivity index (χ4v) is 3.19. The molecule has 1 aromatic heterocycles. The normalized spacial score (nSPS) is 10.5. The zero-order valence-corrected chi connectivity index (χ0v) is 17.7. The van der Waals surface area contributed by atoms with Crippen molar-refractivity contribution in [3.8, 4) is 17.0 Å². The fourth-order valence-electron chi connectivity index (χ4n) is 3.19. The van der Waals surface area contributed by atoms with Crippen LogP contribution in [0.5, 0.6) is 5.75 Å². The molecule has 0 aliphatic carbocycles. The molecule has 0 atom stereocenters. The molecular weight excluding hydrogens is 386 g/mol. The third-order valence-corrected chi connectivity index (χ3v) is 5.05. The number of carbonyl (C=O) groups excluding carboxylic acids is 1. The first-order chi connectivity index (χ1) is 15.0. The van der Waals surface area contributed by atoms with Gasteiger partial charge in [0, 0.05) is 16.8 Å². The van der Waals surface area contributed by atoms with Gasteiger partial charge in [-0.25, -0.2) is 0 Å². The minimum Gasteiger partial charge on any atom is -0.497 e. The minimum absolute atomic E-state index is 0.138. The van der Waals surface area contributed by atoms with E-state index in [1.165, 1.54) is 0 Å². The van der Waals surface area contributed by atoms with E-state index in [1.54, 1.807) is 37.4 Å². The average Bonchev–Trinajstić information content (AvgIpc) is 2.81.